The number of hydrogen-bond acceptors (Lipinski definition) is 4. The minimum atomic E-state index is 0.000752. The van der Waals surface area contributed by atoms with Crippen LogP contribution in [0.2, 0.25) is 0 Å². The molecule has 1 aromatic heterocycles. The van der Waals surface area contributed by atoms with Crippen molar-refractivity contribution in [3.63, 3.8) is 0 Å². The number of hydrogen-bond donors (Lipinski definition) is 0. The Hall–Kier alpha value is -2.17. The summed E-state index contributed by atoms with van der Waals surface area (Å²) < 4.78 is 5.29. The molecule has 0 unspecified atom stereocenters. The smallest absolute Gasteiger partial charge is 0.232 e. The number of nitrogens with zero attached hydrogens (tertiary/aromatic N) is 3. The van der Waals surface area contributed by atoms with E-state index in [1.54, 1.807) is 4.90 Å². The normalized spacial score (nSPS) is 18.8. The molecule has 104 valence electrons. The summed E-state index contributed by atoms with van der Waals surface area (Å²) in [6.07, 6.45) is 2.23. The minimum Gasteiger partial charge on any atom is -0.339 e. The van der Waals surface area contributed by atoms with Gasteiger partial charge in [0.15, 0.2) is 5.82 Å². The van der Waals surface area contributed by atoms with Crippen molar-refractivity contribution in [1.82, 2.24) is 10.1 Å². The van der Waals surface area contributed by atoms with Crippen LogP contribution < -0.4 is 4.90 Å². The fourth-order valence-electron chi connectivity index (χ4n) is 2.49. The van der Waals surface area contributed by atoms with Crippen LogP contribution in [0.3, 0.4) is 0 Å². The molecule has 0 spiro atoms. The molecule has 1 aromatic carbocycles. The van der Waals surface area contributed by atoms with Crippen LogP contribution in [0.15, 0.2) is 34.9 Å². The van der Waals surface area contributed by atoms with Crippen LogP contribution in [0.5, 0.6) is 0 Å². The van der Waals surface area contributed by atoms with Gasteiger partial charge in [-0.25, -0.2) is 0 Å². The van der Waals surface area contributed by atoms with E-state index in [0.29, 0.717) is 18.9 Å². The maximum atomic E-state index is 12.1. The highest BCUT2D eigenvalue weighted by molar-refractivity contribution is 5.96. The zero-order chi connectivity index (χ0) is 13.9. The zero-order valence-corrected chi connectivity index (χ0v) is 11.5. The molecule has 0 saturated carbocycles. The maximum Gasteiger partial charge on any atom is 0.232 e. The second-order valence-electron chi connectivity index (χ2n) is 5.04. The topological polar surface area (TPSA) is 59.2 Å². The van der Waals surface area contributed by atoms with E-state index in [1.165, 1.54) is 0 Å². The highest BCUT2D eigenvalue weighted by atomic mass is 16.5. The maximum absolute atomic E-state index is 12.1. The van der Waals surface area contributed by atoms with Crippen molar-refractivity contribution in [2.45, 2.75) is 32.1 Å². The SMILES string of the molecule is CCCc1noc([C@H]2CC(=O)N(c3ccccc3)C2)n1. The van der Waals surface area contributed by atoms with E-state index < -0.39 is 0 Å². The van der Waals surface area contributed by atoms with Crippen molar-refractivity contribution in [1.29, 1.82) is 0 Å². The minimum absolute atomic E-state index is 0.000752. The number of para-hydroxylation sites is 1. The monoisotopic (exact) mass is 271 g/mol. The molecular formula is C15H17N3O2. The van der Waals surface area contributed by atoms with Gasteiger partial charge in [0.05, 0.1) is 5.92 Å². The molecule has 1 aliphatic rings. The predicted octanol–water partition coefficient (Wildman–Crippen LogP) is 2.54. The Kier molecular flexibility index (Phi) is 3.50. The van der Waals surface area contributed by atoms with E-state index in [9.17, 15) is 4.79 Å². The summed E-state index contributed by atoms with van der Waals surface area (Å²) in [7, 11) is 0. The average molecular weight is 271 g/mol. The van der Waals surface area contributed by atoms with E-state index in [4.69, 9.17) is 4.52 Å². The molecule has 0 bridgehead atoms. The predicted molar refractivity (Wildman–Crippen MR) is 74.4 cm³/mol. The van der Waals surface area contributed by atoms with Gasteiger partial charge in [-0.15, -0.1) is 0 Å². The first kappa shape index (κ1) is 12.8. The van der Waals surface area contributed by atoms with Crippen molar-refractivity contribution in [3.05, 3.63) is 42.0 Å². The Labute approximate surface area is 117 Å². The lowest BCUT2D eigenvalue weighted by molar-refractivity contribution is -0.117. The molecule has 1 saturated heterocycles. The lowest BCUT2D eigenvalue weighted by Crippen LogP contribution is -2.24. The molecule has 1 aliphatic heterocycles. The van der Waals surface area contributed by atoms with Crippen LogP contribution in [-0.2, 0) is 11.2 Å². The average Bonchev–Trinajstić information content (AvgIpc) is 3.07. The van der Waals surface area contributed by atoms with Gasteiger partial charge >= 0.3 is 0 Å². The third-order valence-corrected chi connectivity index (χ3v) is 3.50. The van der Waals surface area contributed by atoms with Crippen molar-refractivity contribution in [3.8, 4) is 0 Å². The van der Waals surface area contributed by atoms with E-state index in [-0.39, 0.29) is 11.8 Å². The summed E-state index contributed by atoms with van der Waals surface area (Å²) in [4.78, 5) is 18.3. The summed E-state index contributed by atoms with van der Waals surface area (Å²) >= 11 is 0. The summed E-state index contributed by atoms with van der Waals surface area (Å²) in [6.45, 7) is 2.68. The van der Waals surface area contributed by atoms with Gasteiger partial charge in [-0.2, -0.15) is 4.98 Å². The molecule has 1 atom stereocenters. The van der Waals surface area contributed by atoms with Crippen molar-refractivity contribution in [2.75, 3.05) is 11.4 Å². The molecule has 20 heavy (non-hydrogen) atoms. The fraction of sp³-hybridized carbons (Fsp3) is 0.400. The molecular weight excluding hydrogens is 254 g/mol. The lowest BCUT2D eigenvalue weighted by atomic mass is 10.1. The highest BCUT2D eigenvalue weighted by Gasteiger charge is 2.34. The summed E-state index contributed by atoms with van der Waals surface area (Å²) in [5.74, 6) is 1.42. The van der Waals surface area contributed by atoms with E-state index in [1.807, 2.05) is 30.3 Å². The first-order valence-electron chi connectivity index (χ1n) is 6.96. The second kappa shape index (κ2) is 5.45. The number of amides is 1. The summed E-state index contributed by atoms with van der Waals surface area (Å²) in [5.41, 5.74) is 0.924. The second-order valence-corrected chi connectivity index (χ2v) is 5.04. The van der Waals surface area contributed by atoms with Gasteiger partial charge in [-0.05, 0) is 18.6 Å². The summed E-state index contributed by atoms with van der Waals surface area (Å²) in [5, 5.41) is 3.96. The van der Waals surface area contributed by atoms with Crippen LogP contribution in [0.25, 0.3) is 0 Å². The number of rotatable bonds is 4. The van der Waals surface area contributed by atoms with Crippen molar-refractivity contribution < 1.29 is 9.32 Å². The Morgan fingerprint density at radius 3 is 2.90 bits per heavy atom. The Morgan fingerprint density at radius 2 is 2.15 bits per heavy atom. The van der Waals surface area contributed by atoms with Crippen LogP contribution in [0.4, 0.5) is 5.69 Å². The Balaban J connectivity index is 1.76. The standard InChI is InChI=1S/C15H17N3O2/c1-2-6-13-16-15(20-17-13)11-9-14(19)18(10-11)12-7-4-3-5-8-12/h3-5,7-8,11H,2,6,9-10H2,1H3/t11-/m0/s1. The van der Waals surface area contributed by atoms with E-state index in [0.717, 1.165) is 24.4 Å². The van der Waals surface area contributed by atoms with Gasteiger partial charge in [-0.3, -0.25) is 4.79 Å². The molecule has 1 amide bonds. The molecule has 0 radical (unpaired) electrons. The molecule has 1 fully saturated rings. The Morgan fingerprint density at radius 1 is 1.35 bits per heavy atom. The number of benzene rings is 1. The molecule has 5 nitrogen and oxygen atoms in total. The van der Waals surface area contributed by atoms with Crippen LogP contribution in [0, 0.1) is 0 Å². The number of carbonyl (C=O) groups is 1. The fourth-order valence-corrected chi connectivity index (χ4v) is 2.49. The number of carbonyl (C=O) groups excluding carboxylic acids is 1. The molecule has 3 rings (SSSR count). The molecule has 0 aliphatic carbocycles. The molecule has 5 heteroatoms. The van der Waals surface area contributed by atoms with Gasteiger partial charge in [0, 0.05) is 25.1 Å². The van der Waals surface area contributed by atoms with Crippen LogP contribution in [0.1, 0.15) is 37.4 Å². The summed E-state index contributed by atoms with van der Waals surface area (Å²) in [6, 6.07) is 9.69. The molecule has 0 N–H and O–H groups in total. The van der Waals surface area contributed by atoms with Gasteiger partial charge in [0.25, 0.3) is 0 Å². The van der Waals surface area contributed by atoms with Gasteiger partial charge in [-0.1, -0.05) is 30.3 Å². The van der Waals surface area contributed by atoms with Crippen LogP contribution in [-0.4, -0.2) is 22.6 Å². The van der Waals surface area contributed by atoms with Crippen LogP contribution >= 0.6 is 0 Å². The third-order valence-electron chi connectivity index (χ3n) is 3.50. The van der Waals surface area contributed by atoms with Crippen molar-refractivity contribution >= 4 is 11.6 Å². The molecule has 2 heterocycles. The number of aromatic nitrogens is 2. The first-order valence-corrected chi connectivity index (χ1v) is 6.96. The van der Waals surface area contributed by atoms with Gasteiger partial charge in [0.2, 0.25) is 11.8 Å². The first-order chi connectivity index (χ1) is 9.78. The third kappa shape index (κ3) is 2.43. The Bertz CT molecular complexity index is 594. The van der Waals surface area contributed by atoms with Gasteiger partial charge < -0.3 is 9.42 Å². The van der Waals surface area contributed by atoms with E-state index in [2.05, 4.69) is 17.1 Å². The lowest BCUT2D eigenvalue weighted by Gasteiger charge is -2.15. The number of anilines is 1. The zero-order valence-electron chi connectivity index (χ0n) is 11.5. The van der Waals surface area contributed by atoms with E-state index >= 15 is 0 Å². The largest absolute Gasteiger partial charge is 0.339 e. The van der Waals surface area contributed by atoms with Crippen molar-refractivity contribution in [2.24, 2.45) is 0 Å². The van der Waals surface area contributed by atoms with Gasteiger partial charge in [0.1, 0.15) is 0 Å². The quantitative estimate of drug-likeness (QED) is 0.857. The molecule has 2 aromatic rings. The highest BCUT2D eigenvalue weighted by Crippen LogP contribution is 2.30. The number of aryl methyl sites for hydroxylation is 1.